The molecule has 168 valence electrons. The minimum atomic E-state index is 0.469. The first-order valence-corrected chi connectivity index (χ1v) is 11.1. The highest BCUT2D eigenvalue weighted by molar-refractivity contribution is 5.66. The van der Waals surface area contributed by atoms with Gasteiger partial charge in [-0.25, -0.2) is 0 Å². The molecule has 0 aliphatic rings. The summed E-state index contributed by atoms with van der Waals surface area (Å²) >= 11 is 0. The molecule has 6 heteroatoms. The molecule has 33 heavy (non-hydrogen) atoms. The topological polar surface area (TPSA) is 74.8 Å². The number of anilines is 6. The van der Waals surface area contributed by atoms with Gasteiger partial charge in [-0.2, -0.15) is 15.0 Å². The molecule has 0 bridgehead atoms. The Bertz CT molecular complexity index is 1140. The number of rotatable bonds is 6. The van der Waals surface area contributed by atoms with Crippen LogP contribution in [0.15, 0.2) is 54.6 Å². The lowest BCUT2D eigenvalue weighted by Crippen LogP contribution is -2.08. The van der Waals surface area contributed by atoms with Gasteiger partial charge in [0.15, 0.2) is 0 Å². The van der Waals surface area contributed by atoms with E-state index in [0.29, 0.717) is 17.8 Å². The number of nitrogens with zero attached hydrogens (tertiary/aromatic N) is 3. The third-order valence-corrected chi connectivity index (χ3v) is 5.52. The number of aryl methyl sites for hydroxylation is 6. The van der Waals surface area contributed by atoms with Gasteiger partial charge < -0.3 is 16.0 Å². The van der Waals surface area contributed by atoms with Crippen LogP contribution in [0.1, 0.15) is 33.4 Å². The van der Waals surface area contributed by atoms with E-state index < -0.39 is 0 Å². The summed E-state index contributed by atoms with van der Waals surface area (Å²) in [6.45, 7) is 12.5. The third kappa shape index (κ3) is 5.47. The molecular formula is C27H30N6. The predicted molar refractivity (Wildman–Crippen MR) is 137 cm³/mol. The van der Waals surface area contributed by atoms with Crippen LogP contribution in [-0.4, -0.2) is 15.0 Å². The van der Waals surface area contributed by atoms with Gasteiger partial charge in [-0.05, 0) is 76.4 Å². The maximum absolute atomic E-state index is 4.64. The van der Waals surface area contributed by atoms with Gasteiger partial charge in [0.1, 0.15) is 0 Å². The Morgan fingerprint density at radius 1 is 0.424 bits per heavy atom. The minimum absolute atomic E-state index is 0.469. The van der Waals surface area contributed by atoms with Crippen LogP contribution >= 0.6 is 0 Å². The molecule has 0 unspecified atom stereocenters. The molecule has 3 aromatic carbocycles. The lowest BCUT2D eigenvalue weighted by atomic mass is 10.1. The Hall–Kier alpha value is -3.93. The molecule has 0 radical (unpaired) electrons. The number of aromatic nitrogens is 3. The van der Waals surface area contributed by atoms with Crippen molar-refractivity contribution in [2.75, 3.05) is 16.0 Å². The van der Waals surface area contributed by atoms with Crippen molar-refractivity contribution in [2.24, 2.45) is 0 Å². The van der Waals surface area contributed by atoms with E-state index in [1.54, 1.807) is 0 Å². The molecule has 0 saturated heterocycles. The first kappa shape index (κ1) is 22.3. The smallest absolute Gasteiger partial charge is 0.233 e. The second-order valence-corrected chi connectivity index (χ2v) is 8.64. The maximum atomic E-state index is 4.64. The summed E-state index contributed by atoms with van der Waals surface area (Å²) in [7, 11) is 0. The van der Waals surface area contributed by atoms with E-state index in [9.17, 15) is 0 Å². The molecule has 0 spiro atoms. The molecule has 1 heterocycles. The van der Waals surface area contributed by atoms with Crippen LogP contribution in [-0.2, 0) is 0 Å². The van der Waals surface area contributed by atoms with Crippen LogP contribution in [0.5, 0.6) is 0 Å². The van der Waals surface area contributed by atoms with Crippen molar-refractivity contribution in [3.63, 3.8) is 0 Å². The lowest BCUT2D eigenvalue weighted by molar-refractivity contribution is 1.06. The quantitative estimate of drug-likeness (QED) is 0.302. The van der Waals surface area contributed by atoms with Crippen molar-refractivity contribution in [2.45, 2.75) is 41.5 Å². The fraction of sp³-hybridized carbons (Fsp3) is 0.222. The largest absolute Gasteiger partial charge is 0.324 e. The number of hydrogen-bond donors (Lipinski definition) is 3. The molecule has 4 aromatic rings. The lowest BCUT2D eigenvalue weighted by Gasteiger charge is -2.15. The molecule has 3 N–H and O–H groups in total. The van der Waals surface area contributed by atoms with Gasteiger partial charge in [-0.3, -0.25) is 0 Å². The summed E-state index contributed by atoms with van der Waals surface area (Å²) < 4.78 is 0. The SMILES string of the molecule is Cc1ccc(Nc2nc(Nc3ccc(C)cc3C)nc(Nc3ccc(C)cc3C)n2)c(C)c1. The van der Waals surface area contributed by atoms with Gasteiger partial charge in [0.2, 0.25) is 17.8 Å². The van der Waals surface area contributed by atoms with Crippen molar-refractivity contribution in [3.05, 3.63) is 88.0 Å². The van der Waals surface area contributed by atoms with E-state index in [0.717, 1.165) is 33.8 Å². The third-order valence-electron chi connectivity index (χ3n) is 5.52. The predicted octanol–water partition coefficient (Wildman–Crippen LogP) is 6.95. The van der Waals surface area contributed by atoms with E-state index in [2.05, 4.69) is 109 Å². The van der Waals surface area contributed by atoms with Gasteiger partial charge in [0.25, 0.3) is 0 Å². The summed E-state index contributed by atoms with van der Waals surface area (Å²) in [6.07, 6.45) is 0. The van der Waals surface area contributed by atoms with Crippen LogP contribution in [0.2, 0.25) is 0 Å². The van der Waals surface area contributed by atoms with Crippen molar-refractivity contribution in [1.29, 1.82) is 0 Å². The second-order valence-electron chi connectivity index (χ2n) is 8.64. The Balaban J connectivity index is 1.71. The highest BCUT2D eigenvalue weighted by atomic mass is 15.3. The normalized spacial score (nSPS) is 10.7. The van der Waals surface area contributed by atoms with Crippen molar-refractivity contribution >= 4 is 34.9 Å². The molecule has 6 nitrogen and oxygen atoms in total. The van der Waals surface area contributed by atoms with E-state index >= 15 is 0 Å². The van der Waals surface area contributed by atoms with Gasteiger partial charge in [-0.1, -0.05) is 53.1 Å². The molecule has 0 fully saturated rings. The molecule has 0 aliphatic heterocycles. The summed E-state index contributed by atoms with van der Waals surface area (Å²) in [5.41, 5.74) is 9.90. The van der Waals surface area contributed by atoms with Gasteiger partial charge in [0, 0.05) is 17.1 Å². The highest BCUT2D eigenvalue weighted by Gasteiger charge is 2.11. The van der Waals surface area contributed by atoms with E-state index in [1.165, 1.54) is 16.7 Å². The molecule has 1 aromatic heterocycles. The maximum Gasteiger partial charge on any atom is 0.233 e. The van der Waals surface area contributed by atoms with E-state index in [1.807, 2.05) is 18.2 Å². The van der Waals surface area contributed by atoms with Crippen LogP contribution in [0, 0.1) is 41.5 Å². The second kappa shape index (κ2) is 9.28. The van der Waals surface area contributed by atoms with Crippen LogP contribution < -0.4 is 16.0 Å². The number of nitrogens with one attached hydrogen (secondary N) is 3. The molecule has 0 amide bonds. The Morgan fingerprint density at radius 3 is 0.939 bits per heavy atom. The molecular weight excluding hydrogens is 408 g/mol. The highest BCUT2D eigenvalue weighted by Crippen LogP contribution is 2.25. The fourth-order valence-corrected chi connectivity index (χ4v) is 3.77. The van der Waals surface area contributed by atoms with Crippen LogP contribution in [0.3, 0.4) is 0 Å². The van der Waals surface area contributed by atoms with Crippen molar-refractivity contribution < 1.29 is 0 Å². The zero-order valence-electron chi connectivity index (χ0n) is 20.0. The minimum Gasteiger partial charge on any atom is -0.324 e. The van der Waals surface area contributed by atoms with Gasteiger partial charge in [-0.15, -0.1) is 0 Å². The molecule has 0 aliphatic carbocycles. The zero-order chi connectivity index (χ0) is 23.5. The summed E-state index contributed by atoms with van der Waals surface area (Å²) in [5.74, 6) is 1.41. The summed E-state index contributed by atoms with van der Waals surface area (Å²) in [6, 6.07) is 18.7. The van der Waals surface area contributed by atoms with Crippen LogP contribution in [0.4, 0.5) is 34.9 Å². The monoisotopic (exact) mass is 438 g/mol. The first-order chi connectivity index (χ1) is 15.8. The fourth-order valence-electron chi connectivity index (χ4n) is 3.77. The van der Waals surface area contributed by atoms with E-state index in [-0.39, 0.29) is 0 Å². The van der Waals surface area contributed by atoms with Gasteiger partial charge in [0.05, 0.1) is 0 Å². The zero-order valence-corrected chi connectivity index (χ0v) is 20.0. The van der Waals surface area contributed by atoms with Crippen molar-refractivity contribution in [3.8, 4) is 0 Å². The van der Waals surface area contributed by atoms with E-state index in [4.69, 9.17) is 0 Å². The summed E-state index contributed by atoms with van der Waals surface area (Å²) in [5, 5.41) is 10.1. The van der Waals surface area contributed by atoms with Crippen molar-refractivity contribution in [1.82, 2.24) is 15.0 Å². The summed E-state index contributed by atoms with van der Waals surface area (Å²) in [4.78, 5) is 13.9. The number of benzene rings is 3. The number of hydrogen-bond acceptors (Lipinski definition) is 6. The van der Waals surface area contributed by atoms with Gasteiger partial charge >= 0.3 is 0 Å². The molecule has 0 atom stereocenters. The Morgan fingerprint density at radius 2 is 0.697 bits per heavy atom. The average Bonchev–Trinajstić information content (AvgIpc) is 2.74. The van der Waals surface area contributed by atoms with Crippen LogP contribution in [0.25, 0.3) is 0 Å². The standard InChI is InChI=1S/C27H30N6/c1-16-7-10-22(19(4)13-16)28-25-31-26(29-23-11-8-17(2)14-20(23)5)33-27(32-25)30-24-12-9-18(3)15-21(24)6/h7-15H,1-6H3,(H3,28,29,30,31,32,33). The Labute approximate surface area is 195 Å². The molecule has 4 rings (SSSR count). The first-order valence-electron chi connectivity index (χ1n) is 11.1. The Kier molecular flexibility index (Phi) is 6.27. The average molecular weight is 439 g/mol. The molecule has 0 saturated carbocycles.